The van der Waals surface area contributed by atoms with Crippen molar-refractivity contribution < 1.29 is 9.13 Å². The minimum absolute atomic E-state index is 0.209. The third kappa shape index (κ3) is 3.04. The first kappa shape index (κ1) is 14.6. The van der Waals surface area contributed by atoms with Crippen molar-refractivity contribution in [1.82, 2.24) is 0 Å². The predicted molar refractivity (Wildman–Crippen MR) is 80.2 cm³/mol. The summed E-state index contributed by atoms with van der Waals surface area (Å²) in [5.41, 5.74) is 1.53. The van der Waals surface area contributed by atoms with Gasteiger partial charge in [-0.1, -0.05) is 57.3 Å². The highest BCUT2D eigenvalue weighted by atomic mass is 79.9. The Labute approximate surface area is 129 Å². The topological polar surface area (TPSA) is 9.23 Å². The van der Waals surface area contributed by atoms with Gasteiger partial charge < -0.3 is 4.74 Å². The van der Waals surface area contributed by atoms with Crippen molar-refractivity contribution in [1.29, 1.82) is 0 Å². The van der Waals surface area contributed by atoms with Crippen LogP contribution in [0.4, 0.5) is 4.39 Å². The summed E-state index contributed by atoms with van der Waals surface area (Å²) in [4.78, 5) is -0.237. The summed E-state index contributed by atoms with van der Waals surface area (Å²) in [5.74, 6) is -0.205. The van der Waals surface area contributed by atoms with Crippen molar-refractivity contribution in [3.05, 3.63) is 63.4 Å². The molecule has 0 fully saturated rings. The molecule has 0 aliphatic carbocycles. The van der Waals surface area contributed by atoms with Crippen LogP contribution < -0.4 is 4.74 Å². The SMILES string of the molecule is COc1ccc(C(Br)c2cccc(Cl)c2Cl)cc1F. The number of alkyl halides is 1. The summed E-state index contributed by atoms with van der Waals surface area (Å²) in [6.07, 6.45) is 0. The van der Waals surface area contributed by atoms with E-state index in [1.807, 2.05) is 6.07 Å². The molecule has 0 aliphatic rings. The first-order chi connectivity index (χ1) is 9.04. The van der Waals surface area contributed by atoms with Gasteiger partial charge >= 0.3 is 0 Å². The highest BCUT2D eigenvalue weighted by molar-refractivity contribution is 9.09. The Balaban J connectivity index is 2.41. The molecule has 0 saturated heterocycles. The third-order valence-electron chi connectivity index (χ3n) is 2.72. The summed E-state index contributed by atoms with van der Waals surface area (Å²) in [5, 5.41) is 0.930. The van der Waals surface area contributed by atoms with Gasteiger partial charge in [0.25, 0.3) is 0 Å². The molecule has 1 unspecified atom stereocenters. The molecule has 0 heterocycles. The molecule has 2 rings (SSSR count). The van der Waals surface area contributed by atoms with Crippen LogP contribution in [0.1, 0.15) is 16.0 Å². The molecule has 0 N–H and O–H groups in total. The number of methoxy groups -OCH3 is 1. The van der Waals surface area contributed by atoms with Crippen LogP contribution in [-0.2, 0) is 0 Å². The van der Waals surface area contributed by atoms with Crippen LogP contribution in [-0.4, -0.2) is 7.11 Å². The van der Waals surface area contributed by atoms with Crippen LogP contribution in [0, 0.1) is 5.82 Å². The van der Waals surface area contributed by atoms with E-state index < -0.39 is 5.82 Å². The van der Waals surface area contributed by atoms with Gasteiger partial charge in [0.15, 0.2) is 11.6 Å². The highest BCUT2D eigenvalue weighted by Crippen LogP contribution is 2.39. The molecule has 0 amide bonds. The highest BCUT2D eigenvalue weighted by Gasteiger charge is 2.17. The van der Waals surface area contributed by atoms with E-state index in [4.69, 9.17) is 27.9 Å². The van der Waals surface area contributed by atoms with E-state index in [9.17, 15) is 4.39 Å². The van der Waals surface area contributed by atoms with Gasteiger partial charge in [0, 0.05) is 0 Å². The fourth-order valence-electron chi connectivity index (χ4n) is 1.74. The molecule has 0 spiro atoms. The Bertz CT molecular complexity index is 604. The zero-order valence-corrected chi connectivity index (χ0v) is 13.1. The average molecular weight is 364 g/mol. The number of ether oxygens (including phenoxy) is 1. The molecule has 2 aromatic rings. The van der Waals surface area contributed by atoms with Gasteiger partial charge in [0.1, 0.15) is 0 Å². The lowest BCUT2D eigenvalue weighted by atomic mass is 10.0. The molecule has 0 aliphatic heterocycles. The van der Waals surface area contributed by atoms with Crippen LogP contribution in [0.15, 0.2) is 36.4 Å². The average Bonchev–Trinajstić information content (AvgIpc) is 2.41. The molecule has 0 radical (unpaired) electrons. The number of halogens is 4. The van der Waals surface area contributed by atoms with Gasteiger partial charge in [0.05, 0.1) is 22.0 Å². The Hall–Kier alpha value is -0.770. The second-order valence-corrected chi connectivity index (χ2v) is 5.60. The summed E-state index contributed by atoms with van der Waals surface area (Å²) >= 11 is 15.6. The molecule has 2 aromatic carbocycles. The van der Waals surface area contributed by atoms with Crippen LogP contribution in [0.3, 0.4) is 0 Å². The summed E-state index contributed by atoms with van der Waals surface area (Å²) in [6, 6.07) is 10.1. The van der Waals surface area contributed by atoms with Crippen LogP contribution in [0.2, 0.25) is 10.0 Å². The van der Waals surface area contributed by atoms with Crippen molar-refractivity contribution >= 4 is 39.1 Å². The summed E-state index contributed by atoms with van der Waals surface area (Å²) in [7, 11) is 1.43. The summed E-state index contributed by atoms with van der Waals surface area (Å²) in [6.45, 7) is 0. The van der Waals surface area contributed by atoms with Gasteiger partial charge in [-0.3, -0.25) is 0 Å². The van der Waals surface area contributed by atoms with E-state index in [1.54, 1.807) is 24.3 Å². The smallest absolute Gasteiger partial charge is 0.165 e. The lowest BCUT2D eigenvalue weighted by Gasteiger charge is -2.14. The van der Waals surface area contributed by atoms with E-state index in [0.29, 0.717) is 10.0 Å². The molecular weight excluding hydrogens is 354 g/mol. The van der Waals surface area contributed by atoms with E-state index in [2.05, 4.69) is 15.9 Å². The largest absolute Gasteiger partial charge is 0.494 e. The third-order valence-corrected chi connectivity index (χ3v) is 4.58. The normalized spacial score (nSPS) is 12.3. The van der Waals surface area contributed by atoms with E-state index >= 15 is 0 Å². The molecule has 1 nitrogen and oxygen atoms in total. The van der Waals surface area contributed by atoms with Gasteiger partial charge in [-0.15, -0.1) is 0 Å². The first-order valence-corrected chi connectivity index (χ1v) is 7.13. The lowest BCUT2D eigenvalue weighted by molar-refractivity contribution is 0.386. The molecule has 0 aromatic heterocycles. The second kappa shape index (κ2) is 6.12. The van der Waals surface area contributed by atoms with Crippen LogP contribution in [0.25, 0.3) is 0 Å². The van der Waals surface area contributed by atoms with Crippen molar-refractivity contribution in [2.45, 2.75) is 4.83 Å². The number of hydrogen-bond acceptors (Lipinski definition) is 1. The molecule has 0 saturated carbocycles. The van der Waals surface area contributed by atoms with Crippen LogP contribution >= 0.6 is 39.1 Å². The quantitative estimate of drug-likeness (QED) is 0.642. The fourth-order valence-corrected chi connectivity index (χ4v) is 2.95. The molecule has 0 bridgehead atoms. The maximum Gasteiger partial charge on any atom is 0.165 e. The Morgan fingerprint density at radius 2 is 1.95 bits per heavy atom. The molecule has 1 atom stereocenters. The zero-order valence-electron chi connectivity index (χ0n) is 9.96. The molecule has 100 valence electrons. The lowest BCUT2D eigenvalue weighted by Crippen LogP contribution is -1.96. The molecular formula is C14H10BrCl2FO. The minimum atomic E-state index is -0.414. The van der Waals surface area contributed by atoms with E-state index in [0.717, 1.165) is 11.1 Å². The Kier molecular flexibility index (Phi) is 4.71. The second-order valence-electron chi connectivity index (χ2n) is 3.90. The number of hydrogen-bond donors (Lipinski definition) is 0. The Morgan fingerprint density at radius 3 is 2.58 bits per heavy atom. The predicted octanol–water partition coefficient (Wildman–Crippen LogP) is 5.63. The van der Waals surface area contributed by atoms with Crippen molar-refractivity contribution in [3.8, 4) is 5.75 Å². The van der Waals surface area contributed by atoms with Crippen molar-refractivity contribution in [2.75, 3.05) is 7.11 Å². The fraction of sp³-hybridized carbons (Fsp3) is 0.143. The molecule has 19 heavy (non-hydrogen) atoms. The van der Waals surface area contributed by atoms with Crippen LogP contribution in [0.5, 0.6) is 5.75 Å². The maximum absolute atomic E-state index is 13.7. The van der Waals surface area contributed by atoms with Gasteiger partial charge in [-0.05, 0) is 29.3 Å². The zero-order chi connectivity index (χ0) is 14.0. The van der Waals surface area contributed by atoms with E-state index in [1.165, 1.54) is 13.2 Å². The van der Waals surface area contributed by atoms with Crippen molar-refractivity contribution in [3.63, 3.8) is 0 Å². The Morgan fingerprint density at radius 1 is 1.21 bits per heavy atom. The van der Waals surface area contributed by atoms with Gasteiger partial charge in [-0.25, -0.2) is 4.39 Å². The van der Waals surface area contributed by atoms with Gasteiger partial charge in [0.2, 0.25) is 0 Å². The molecule has 5 heteroatoms. The van der Waals surface area contributed by atoms with E-state index in [-0.39, 0.29) is 10.6 Å². The van der Waals surface area contributed by atoms with Gasteiger partial charge in [-0.2, -0.15) is 0 Å². The standard InChI is InChI=1S/C14H10BrCl2FO/c1-19-12-6-5-8(7-11(12)18)13(15)9-3-2-4-10(16)14(9)17/h2-7,13H,1H3. The number of rotatable bonds is 3. The first-order valence-electron chi connectivity index (χ1n) is 5.46. The van der Waals surface area contributed by atoms with Crippen molar-refractivity contribution in [2.24, 2.45) is 0 Å². The maximum atomic E-state index is 13.7. The minimum Gasteiger partial charge on any atom is -0.494 e. The monoisotopic (exact) mass is 362 g/mol. The summed E-state index contributed by atoms with van der Waals surface area (Å²) < 4.78 is 18.6. The number of benzene rings is 2.